The van der Waals surface area contributed by atoms with E-state index >= 15 is 0 Å². The van der Waals surface area contributed by atoms with E-state index < -0.39 is 11.9 Å². The van der Waals surface area contributed by atoms with Crippen LogP contribution in [0.3, 0.4) is 0 Å². The van der Waals surface area contributed by atoms with Crippen LogP contribution in [0.5, 0.6) is 0 Å². The van der Waals surface area contributed by atoms with Crippen LogP contribution in [-0.4, -0.2) is 23.5 Å². The van der Waals surface area contributed by atoms with Gasteiger partial charge in [-0.25, -0.2) is 9.78 Å². The molecule has 0 spiro atoms. The number of hydrogen-bond acceptors (Lipinski definition) is 4. The Labute approximate surface area is 184 Å². The molecule has 3 aromatic carbocycles. The fourth-order valence-electron chi connectivity index (χ4n) is 3.24. The summed E-state index contributed by atoms with van der Waals surface area (Å²) in [6.07, 6.45) is 0.687. The lowest BCUT2D eigenvalue weighted by atomic mass is 10.0. The summed E-state index contributed by atoms with van der Waals surface area (Å²) in [5.41, 5.74) is 3.84. The number of anilines is 1. The Morgan fingerprint density at radius 1 is 0.903 bits per heavy atom. The van der Waals surface area contributed by atoms with E-state index in [1.165, 1.54) is 0 Å². The van der Waals surface area contributed by atoms with Crippen LogP contribution >= 0.6 is 11.6 Å². The zero-order valence-corrected chi connectivity index (χ0v) is 17.3. The molecule has 0 aliphatic carbocycles. The Kier molecular flexibility index (Phi) is 6.24. The maximum atomic E-state index is 12.4. The molecule has 0 saturated heterocycles. The molecule has 0 saturated carbocycles. The largest absolute Gasteiger partial charge is 0.452 e. The van der Waals surface area contributed by atoms with Gasteiger partial charge in [0, 0.05) is 11.1 Å². The lowest BCUT2D eigenvalue weighted by Crippen LogP contribution is -2.21. The lowest BCUT2D eigenvalue weighted by Gasteiger charge is -2.12. The van der Waals surface area contributed by atoms with E-state index in [1.54, 1.807) is 30.3 Å². The fourth-order valence-corrected chi connectivity index (χ4v) is 3.39. The van der Waals surface area contributed by atoms with E-state index in [0.29, 0.717) is 28.3 Å². The van der Waals surface area contributed by atoms with Crippen molar-refractivity contribution in [3.8, 4) is 0 Å². The van der Waals surface area contributed by atoms with Crippen molar-refractivity contribution in [3.05, 3.63) is 107 Å². The Morgan fingerprint density at radius 3 is 2.52 bits per heavy atom. The van der Waals surface area contributed by atoms with E-state index in [1.807, 2.05) is 54.6 Å². The number of nitrogens with one attached hydrogen (secondary N) is 1. The van der Waals surface area contributed by atoms with Gasteiger partial charge in [0.25, 0.3) is 5.91 Å². The number of nitrogens with zero attached hydrogens (tertiary/aromatic N) is 1. The summed E-state index contributed by atoms with van der Waals surface area (Å²) in [4.78, 5) is 28.9. The monoisotopic (exact) mass is 430 g/mol. The second-order valence-electron chi connectivity index (χ2n) is 6.99. The summed E-state index contributed by atoms with van der Waals surface area (Å²) >= 11 is 5.88. The number of halogens is 1. The molecule has 1 aromatic heterocycles. The normalized spacial score (nSPS) is 10.6. The highest BCUT2D eigenvalue weighted by Crippen LogP contribution is 2.20. The van der Waals surface area contributed by atoms with Crippen molar-refractivity contribution in [2.45, 2.75) is 6.42 Å². The van der Waals surface area contributed by atoms with Crippen molar-refractivity contribution in [2.24, 2.45) is 0 Å². The molecule has 4 rings (SSSR count). The highest BCUT2D eigenvalue weighted by Gasteiger charge is 2.13. The van der Waals surface area contributed by atoms with Gasteiger partial charge in [0.1, 0.15) is 5.15 Å². The van der Waals surface area contributed by atoms with Gasteiger partial charge >= 0.3 is 5.97 Å². The van der Waals surface area contributed by atoms with Gasteiger partial charge in [-0.2, -0.15) is 0 Å². The molecule has 0 aliphatic heterocycles. The van der Waals surface area contributed by atoms with Gasteiger partial charge in [-0.1, -0.05) is 60.1 Å². The molecule has 6 heteroatoms. The third-order valence-corrected chi connectivity index (χ3v) is 4.96. The van der Waals surface area contributed by atoms with Crippen LogP contribution in [-0.2, 0) is 16.0 Å². The number of aromatic nitrogens is 1. The van der Waals surface area contributed by atoms with Gasteiger partial charge in [0.05, 0.1) is 11.1 Å². The fraction of sp³-hybridized carbons (Fsp3) is 0.0800. The van der Waals surface area contributed by atoms with Crippen LogP contribution in [0.2, 0.25) is 5.15 Å². The molecule has 154 valence electrons. The number of fused-ring (bicyclic) bond motifs is 1. The number of esters is 1. The van der Waals surface area contributed by atoms with Crippen LogP contribution < -0.4 is 5.32 Å². The topological polar surface area (TPSA) is 68.3 Å². The highest BCUT2D eigenvalue weighted by atomic mass is 35.5. The minimum atomic E-state index is -0.579. The Balaban J connectivity index is 1.38. The minimum Gasteiger partial charge on any atom is -0.452 e. The van der Waals surface area contributed by atoms with Crippen molar-refractivity contribution in [3.63, 3.8) is 0 Å². The molecule has 0 atom stereocenters. The summed E-state index contributed by atoms with van der Waals surface area (Å²) in [6, 6.07) is 25.9. The van der Waals surface area contributed by atoms with Gasteiger partial charge in [0.15, 0.2) is 6.61 Å². The minimum absolute atomic E-state index is 0.342. The van der Waals surface area contributed by atoms with E-state index in [0.717, 1.165) is 16.5 Å². The maximum absolute atomic E-state index is 12.4. The van der Waals surface area contributed by atoms with Crippen LogP contribution in [0.1, 0.15) is 21.5 Å². The first-order chi connectivity index (χ1) is 15.1. The quantitative estimate of drug-likeness (QED) is 0.334. The Morgan fingerprint density at radius 2 is 1.68 bits per heavy atom. The molecule has 1 heterocycles. The van der Waals surface area contributed by atoms with E-state index in [9.17, 15) is 9.59 Å². The van der Waals surface area contributed by atoms with Crippen molar-refractivity contribution in [1.29, 1.82) is 0 Å². The van der Waals surface area contributed by atoms with Gasteiger partial charge < -0.3 is 10.1 Å². The maximum Gasteiger partial charge on any atom is 0.338 e. The molecule has 4 aromatic rings. The molecule has 0 radical (unpaired) electrons. The Hall–Kier alpha value is -3.70. The molecule has 0 bridgehead atoms. The molecule has 31 heavy (non-hydrogen) atoms. The molecule has 0 unspecified atom stereocenters. The molecular weight excluding hydrogens is 412 g/mol. The number of amides is 1. The van der Waals surface area contributed by atoms with Crippen molar-refractivity contribution < 1.29 is 14.3 Å². The van der Waals surface area contributed by atoms with E-state index in [-0.39, 0.29) is 6.61 Å². The van der Waals surface area contributed by atoms with Gasteiger partial charge in [-0.15, -0.1) is 0 Å². The number of para-hydroxylation sites is 1. The van der Waals surface area contributed by atoms with E-state index in [2.05, 4.69) is 10.3 Å². The van der Waals surface area contributed by atoms with Crippen LogP contribution in [0, 0.1) is 0 Å². The standard InChI is InChI=1S/C25H19ClN2O3/c26-23-13-11-19-15-20(10-12-22(19)27-23)25(30)31-16-24(29)28-21-9-5-4-8-18(21)14-17-6-2-1-3-7-17/h1-13,15H,14,16H2,(H,28,29). The Bertz CT molecular complexity index is 1240. The average molecular weight is 431 g/mol. The number of benzene rings is 3. The SMILES string of the molecule is O=C(COC(=O)c1ccc2nc(Cl)ccc2c1)Nc1ccccc1Cc1ccccc1. The lowest BCUT2D eigenvalue weighted by molar-refractivity contribution is -0.119. The number of ether oxygens (including phenoxy) is 1. The first-order valence-corrected chi connectivity index (χ1v) is 10.1. The van der Waals surface area contributed by atoms with Crippen LogP contribution in [0.4, 0.5) is 5.69 Å². The molecule has 1 amide bonds. The zero-order chi connectivity index (χ0) is 21.6. The second-order valence-corrected chi connectivity index (χ2v) is 7.37. The molecule has 5 nitrogen and oxygen atoms in total. The summed E-state index contributed by atoms with van der Waals surface area (Å²) in [7, 11) is 0. The number of hydrogen-bond donors (Lipinski definition) is 1. The average Bonchev–Trinajstić information content (AvgIpc) is 2.79. The first-order valence-electron chi connectivity index (χ1n) is 9.73. The number of carbonyl (C=O) groups excluding carboxylic acids is 2. The predicted molar refractivity (Wildman–Crippen MR) is 121 cm³/mol. The summed E-state index contributed by atoms with van der Waals surface area (Å²) < 4.78 is 5.20. The molecular formula is C25H19ClN2O3. The smallest absolute Gasteiger partial charge is 0.338 e. The van der Waals surface area contributed by atoms with Gasteiger partial charge in [-0.05, 0) is 53.9 Å². The first kappa shape index (κ1) is 20.6. The zero-order valence-electron chi connectivity index (χ0n) is 16.5. The summed E-state index contributed by atoms with van der Waals surface area (Å²) in [5, 5.41) is 3.98. The highest BCUT2D eigenvalue weighted by molar-refractivity contribution is 6.29. The third kappa shape index (κ3) is 5.27. The molecule has 0 fully saturated rings. The second kappa shape index (κ2) is 9.41. The number of rotatable bonds is 6. The van der Waals surface area contributed by atoms with Crippen LogP contribution in [0.15, 0.2) is 84.9 Å². The molecule has 1 N–H and O–H groups in total. The summed E-state index contributed by atoms with van der Waals surface area (Å²) in [5.74, 6) is -0.979. The van der Waals surface area contributed by atoms with Gasteiger partial charge in [-0.3, -0.25) is 4.79 Å². The van der Waals surface area contributed by atoms with Crippen molar-refractivity contribution in [2.75, 3.05) is 11.9 Å². The van der Waals surface area contributed by atoms with E-state index in [4.69, 9.17) is 16.3 Å². The van der Waals surface area contributed by atoms with Crippen molar-refractivity contribution >= 4 is 40.1 Å². The van der Waals surface area contributed by atoms with Crippen LogP contribution in [0.25, 0.3) is 10.9 Å². The number of carbonyl (C=O) groups is 2. The number of pyridine rings is 1. The molecule has 0 aliphatic rings. The third-order valence-electron chi connectivity index (χ3n) is 4.75. The predicted octanol–water partition coefficient (Wildman–Crippen LogP) is 5.27. The van der Waals surface area contributed by atoms with Gasteiger partial charge in [0.2, 0.25) is 0 Å². The van der Waals surface area contributed by atoms with Crippen molar-refractivity contribution in [1.82, 2.24) is 4.98 Å². The summed E-state index contributed by atoms with van der Waals surface area (Å²) in [6.45, 7) is -0.380.